The van der Waals surface area contributed by atoms with E-state index in [0.29, 0.717) is 11.5 Å². The maximum Gasteiger partial charge on any atom is 0.0578 e. The summed E-state index contributed by atoms with van der Waals surface area (Å²) in [5, 5.41) is 1.13. The van der Waals surface area contributed by atoms with Crippen LogP contribution in [0.1, 0.15) is 51.9 Å². The lowest BCUT2D eigenvalue weighted by Gasteiger charge is -2.41. The first kappa shape index (κ1) is 11.9. The van der Waals surface area contributed by atoms with Crippen LogP contribution in [0, 0.1) is 11.3 Å². The van der Waals surface area contributed by atoms with Gasteiger partial charge < -0.3 is 4.74 Å². The minimum atomic E-state index is 0.501. The molecule has 0 amide bonds. The van der Waals surface area contributed by atoms with Gasteiger partial charge in [-0.25, -0.2) is 0 Å². The summed E-state index contributed by atoms with van der Waals surface area (Å²) in [5.41, 5.74) is 0.501. The van der Waals surface area contributed by atoms with Gasteiger partial charge in [0.2, 0.25) is 0 Å². The molecule has 15 heavy (non-hydrogen) atoms. The highest BCUT2D eigenvalue weighted by atomic mass is 79.9. The first-order chi connectivity index (χ1) is 7.24. The largest absolute Gasteiger partial charge is 0.378 e. The Morgan fingerprint density at radius 3 is 2.60 bits per heavy atom. The third kappa shape index (κ3) is 2.97. The molecular formula is C13H23BrO. The monoisotopic (exact) mass is 274 g/mol. The van der Waals surface area contributed by atoms with Crippen molar-refractivity contribution in [2.24, 2.45) is 11.3 Å². The summed E-state index contributed by atoms with van der Waals surface area (Å²) in [6.45, 7) is 3.36. The Bertz CT molecular complexity index is 195. The van der Waals surface area contributed by atoms with Gasteiger partial charge >= 0.3 is 0 Å². The zero-order chi connectivity index (χ0) is 10.7. The Hall–Kier alpha value is 0.440. The first-order valence-electron chi connectivity index (χ1n) is 6.42. The Labute approximate surface area is 102 Å². The lowest BCUT2D eigenvalue weighted by atomic mass is 9.71. The van der Waals surface area contributed by atoms with Crippen LogP contribution >= 0.6 is 15.9 Å². The number of rotatable bonds is 4. The van der Waals surface area contributed by atoms with Crippen molar-refractivity contribution in [3.05, 3.63) is 0 Å². The van der Waals surface area contributed by atoms with Gasteiger partial charge in [-0.3, -0.25) is 0 Å². The lowest BCUT2D eigenvalue weighted by Crippen LogP contribution is -2.38. The summed E-state index contributed by atoms with van der Waals surface area (Å²) in [5.74, 6) is 0.880. The van der Waals surface area contributed by atoms with E-state index < -0.39 is 0 Å². The van der Waals surface area contributed by atoms with E-state index in [1.54, 1.807) is 0 Å². The molecule has 88 valence electrons. The van der Waals surface area contributed by atoms with E-state index in [4.69, 9.17) is 4.74 Å². The van der Waals surface area contributed by atoms with E-state index in [2.05, 4.69) is 22.9 Å². The minimum absolute atomic E-state index is 0.501. The number of alkyl halides is 1. The summed E-state index contributed by atoms with van der Waals surface area (Å²) in [6, 6.07) is 0. The summed E-state index contributed by atoms with van der Waals surface area (Å²) in [4.78, 5) is 0. The molecule has 0 radical (unpaired) electrons. The summed E-state index contributed by atoms with van der Waals surface area (Å²) < 4.78 is 6.12. The van der Waals surface area contributed by atoms with Gasteiger partial charge in [0, 0.05) is 10.7 Å². The van der Waals surface area contributed by atoms with Crippen LogP contribution in [0.2, 0.25) is 0 Å². The van der Waals surface area contributed by atoms with Crippen molar-refractivity contribution in [1.82, 2.24) is 0 Å². The molecular weight excluding hydrogens is 252 g/mol. The molecule has 2 aliphatic carbocycles. The number of hydrogen-bond donors (Lipinski definition) is 0. The van der Waals surface area contributed by atoms with Crippen molar-refractivity contribution < 1.29 is 4.74 Å². The minimum Gasteiger partial charge on any atom is -0.378 e. The molecule has 0 bridgehead atoms. The summed E-state index contributed by atoms with van der Waals surface area (Å²) >= 11 is 3.64. The van der Waals surface area contributed by atoms with Gasteiger partial charge in [-0.05, 0) is 31.6 Å². The smallest absolute Gasteiger partial charge is 0.0578 e. The highest BCUT2D eigenvalue weighted by Crippen LogP contribution is 2.43. The molecule has 2 heteroatoms. The Morgan fingerprint density at radius 2 is 2.07 bits per heavy atom. The van der Waals surface area contributed by atoms with Crippen molar-refractivity contribution in [2.75, 3.05) is 11.9 Å². The van der Waals surface area contributed by atoms with Gasteiger partial charge in [0.1, 0.15) is 0 Å². The molecule has 0 aromatic rings. The van der Waals surface area contributed by atoms with Crippen LogP contribution < -0.4 is 0 Å². The van der Waals surface area contributed by atoms with Gasteiger partial charge in [0.25, 0.3) is 0 Å². The molecule has 2 rings (SSSR count). The fourth-order valence-corrected chi connectivity index (χ4v) is 3.54. The molecule has 2 aliphatic rings. The van der Waals surface area contributed by atoms with Crippen LogP contribution in [0.5, 0.6) is 0 Å². The van der Waals surface area contributed by atoms with Gasteiger partial charge in [-0.15, -0.1) is 0 Å². The molecule has 2 unspecified atom stereocenters. The van der Waals surface area contributed by atoms with Crippen molar-refractivity contribution in [3.8, 4) is 0 Å². The second-order valence-electron chi connectivity index (χ2n) is 5.69. The van der Waals surface area contributed by atoms with E-state index in [9.17, 15) is 0 Å². The number of hydrogen-bond acceptors (Lipinski definition) is 1. The van der Waals surface area contributed by atoms with Crippen LogP contribution in [0.15, 0.2) is 0 Å². The highest BCUT2D eigenvalue weighted by Gasteiger charge is 2.37. The second kappa shape index (κ2) is 5.18. The molecule has 0 heterocycles. The predicted octanol–water partition coefficient (Wildman–Crippen LogP) is 4.15. The molecule has 0 N–H and O–H groups in total. The zero-order valence-electron chi connectivity index (χ0n) is 9.80. The molecule has 0 aliphatic heterocycles. The van der Waals surface area contributed by atoms with Crippen LogP contribution in [0.3, 0.4) is 0 Å². The Balaban J connectivity index is 1.72. The molecule has 0 aromatic heterocycles. The fraction of sp³-hybridized carbons (Fsp3) is 1.00. The maximum absolute atomic E-state index is 6.12. The molecule has 0 aromatic carbocycles. The van der Waals surface area contributed by atoms with E-state index in [0.717, 1.165) is 17.9 Å². The van der Waals surface area contributed by atoms with Crippen LogP contribution in [0.4, 0.5) is 0 Å². The molecule has 2 atom stereocenters. The second-order valence-corrected chi connectivity index (χ2v) is 6.25. The van der Waals surface area contributed by atoms with Gasteiger partial charge in [0.15, 0.2) is 0 Å². The average Bonchev–Trinajstić information content (AvgIpc) is 2.17. The predicted molar refractivity (Wildman–Crippen MR) is 67.5 cm³/mol. The number of ether oxygens (including phenoxy) is 1. The van der Waals surface area contributed by atoms with Crippen LogP contribution in [-0.4, -0.2) is 18.0 Å². The van der Waals surface area contributed by atoms with Gasteiger partial charge in [0.05, 0.1) is 12.7 Å². The third-order valence-electron chi connectivity index (χ3n) is 4.21. The van der Waals surface area contributed by atoms with E-state index in [1.165, 1.54) is 44.9 Å². The van der Waals surface area contributed by atoms with Crippen molar-refractivity contribution in [1.29, 1.82) is 0 Å². The third-order valence-corrected chi connectivity index (χ3v) is 5.40. The zero-order valence-corrected chi connectivity index (χ0v) is 11.4. The molecule has 0 saturated heterocycles. The van der Waals surface area contributed by atoms with Crippen molar-refractivity contribution >= 4 is 15.9 Å². The number of halogens is 1. The Kier molecular flexibility index (Phi) is 4.11. The van der Waals surface area contributed by atoms with Crippen LogP contribution in [-0.2, 0) is 4.74 Å². The summed E-state index contributed by atoms with van der Waals surface area (Å²) in [6.07, 6.45) is 10.0. The van der Waals surface area contributed by atoms with Crippen molar-refractivity contribution in [3.63, 3.8) is 0 Å². The van der Waals surface area contributed by atoms with Crippen molar-refractivity contribution in [2.45, 2.75) is 58.0 Å². The standard InChI is InChI=1S/C13H23BrO/c1-11-4-2-5-12(8-11)15-10-13(9-14)6-3-7-13/h11-12H,2-10H2,1H3. The normalized spacial score (nSPS) is 34.8. The molecule has 2 fully saturated rings. The van der Waals surface area contributed by atoms with Gasteiger partial charge in [-0.1, -0.05) is 42.1 Å². The molecule has 1 nitrogen and oxygen atoms in total. The first-order valence-corrected chi connectivity index (χ1v) is 7.54. The fourth-order valence-electron chi connectivity index (χ4n) is 2.82. The van der Waals surface area contributed by atoms with E-state index >= 15 is 0 Å². The topological polar surface area (TPSA) is 9.23 Å². The quantitative estimate of drug-likeness (QED) is 0.700. The van der Waals surface area contributed by atoms with Gasteiger partial charge in [-0.2, -0.15) is 0 Å². The highest BCUT2D eigenvalue weighted by molar-refractivity contribution is 9.09. The Morgan fingerprint density at radius 1 is 1.27 bits per heavy atom. The summed E-state index contributed by atoms with van der Waals surface area (Å²) in [7, 11) is 0. The van der Waals surface area contributed by atoms with E-state index in [-0.39, 0.29) is 0 Å². The van der Waals surface area contributed by atoms with Crippen LogP contribution in [0.25, 0.3) is 0 Å². The van der Waals surface area contributed by atoms with E-state index in [1.807, 2.05) is 0 Å². The molecule has 0 spiro atoms. The molecule has 2 saturated carbocycles. The maximum atomic E-state index is 6.12. The lowest BCUT2D eigenvalue weighted by molar-refractivity contribution is -0.0511. The SMILES string of the molecule is CC1CCCC(OCC2(CBr)CCC2)C1. The average molecular weight is 275 g/mol.